The summed E-state index contributed by atoms with van der Waals surface area (Å²) in [5.41, 5.74) is 0. The molecule has 1 aliphatic rings. The summed E-state index contributed by atoms with van der Waals surface area (Å²) in [6.45, 7) is 4.74. The van der Waals surface area contributed by atoms with Crippen molar-refractivity contribution in [2.45, 2.75) is 31.6 Å². The summed E-state index contributed by atoms with van der Waals surface area (Å²) in [6, 6.07) is -0.171. The van der Waals surface area contributed by atoms with E-state index in [1.165, 1.54) is 0 Å². The second-order valence-corrected chi connectivity index (χ2v) is 8.04. The van der Waals surface area contributed by atoms with Gasteiger partial charge in [-0.3, -0.25) is 9.36 Å². The van der Waals surface area contributed by atoms with Crippen LogP contribution in [0.1, 0.15) is 13.8 Å². The molecule has 8 nitrogen and oxygen atoms in total. The van der Waals surface area contributed by atoms with Crippen molar-refractivity contribution in [3.63, 3.8) is 0 Å². The zero-order valence-corrected chi connectivity index (χ0v) is 13.5. The van der Waals surface area contributed by atoms with Crippen LogP contribution in [0.5, 0.6) is 0 Å². The molecule has 0 aliphatic carbocycles. The van der Waals surface area contributed by atoms with E-state index in [1.807, 2.05) is 23.3 Å². The summed E-state index contributed by atoms with van der Waals surface area (Å²) in [5.74, 6) is -0.188. The minimum atomic E-state index is -2.99. The third-order valence-corrected chi connectivity index (χ3v) is 6.01. The van der Waals surface area contributed by atoms with Crippen LogP contribution in [0.2, 0.25) is 0 Å². The molecule has 0 aromatic carbocycles. The molecule has 1 aromatic rings. The molecule has 0 saturated carbocycles. The zero-order chi connectivity index (χ0) is 15.6. The van der Waals surface area contributed by atoms with Gasteiger partial charge in [0.1, 0.15) is 0 Å². The van der Waals surface area contributed by atoms with Crippen LogP contribution in [0.4, 0.5) is 5.95 Å². The lowest BCUT2D eigenvalue weighted by atomic mass is 10.3. The standard InChI is InChI=1S/C11H18N4O4S2/c1-3-14-10(12-13-11(14)20-6-9(16)17)15-4-5-21(18,19)7-8(15)2/h8H,3-7H2,1-2H3,(H,16,17). The molecule has 1 fully saturated rings. The second-order valence-electron chi connectivity index (χ2n) is 4.87. The fraction of sp³-hybridized carbons (Fsp3) is 0.727. The van der Waals surface area contributed by atoms with Crippen molar-refractivity contribution in [2.75, 3.05) is 28.7 Å². The van der Waals surface area contributed by atoms with Gasteiger partial charge in [0.05, 0.1) is 17.3 Å². The van der Waals surface area contributed by atoms with Crippen molar-refractivity contribution in [2.24, 2.45) is 0 Å². The Morgan fingerprint density at radius 1 is 1.48 bits per heavy atom. The highest BCUT2D eigenvalue weighted by molar-refractivity contribution is 7.99. The Bertz CT molecular complexity index is 628. The van der Waals surface area contributed by atoms with E-state index in [0.717, 1.165) is 11.8 Å². The van der Waals surface area contributed by atoms with Gasteiger partial charge >= 0.3 is 5.97 Å². The monoisotopic (exact) mass is 334 g/mol. The molecule has 2 heterocycles. The molecule has 0 spiro atoms. The quantitative estimate of drug-likeness (QED) is 0.756. The molecule has 21 heavy (non-hydrogen) atoms. The van der Waals surface area contributed by atoms with Crippen molar-refractivity contribution < 1.29 is 18.3 Å². The van der Waals surface area contributed by atoms with Gasteiger partial charge in [0.15, 0.2) is 15.0 Å². The number of carboxylic acid groups (broad SMARTS) is 1. The molecule has 1 aliphatic heterocycles. The fourth-order valence-corrected chi connectivity index (χ4v) is 4.57. The van der Waals surface area contributed by atoms with Crippen molar-refractivity contribution in [1.29, 1.82) is 0 Å². The van der Waals surface area contributed by atoms with Gasteiger partial charge in [-0.05, 0) is 13.8 Å². The molecule has 0 bridgehead atoms. The van der Waals surface area contributed by atoms with Gasteiger partial charge in [0, 0.05) is 19.1 Å². The van der Waals surface area contributed by atoms with Crippen LogP contribution in [0.15, 0.2) is 5.16 Å². The lowest BCUT2D eigenvalue weighted by Crippen LogP contribution is -2.48. The largest absolute Gasteiger partial charge is 0.481 e. The van der Waals surface area contributed by atoms with Crippen molar-refractivity contribution in [3.8, 4) is 0 Å². The van der Waals surface area contributed by atoms with Gasteiger partial charge < -0.3 is 10.0 Å². The summed E-state index contributed by atoms with van der Waals surface area (Å²) in [7, 11) is -2.99. The van der Waals surface area contributed by atoms with E-state index in [0.29, 0.717) is 24.2 Å². The number of carboxylic acids is 1. The van der Waals surface area contributed by atoms with Crippen LogP contribution >= 0.6 is 11.8 Å². The second kappa shape index (κ2) is 6.22. The van der Waals surface area contributed by atoms with Gasteiger partial charge in [0.2, 0.25) is 5.95 Å². The first-order valence-corrected chi connectivity index (χ1v) is 9.39. The number of nitrogens with zero attached hydrogens (tertiary/aromatic N) is 4. The summed E-state index contributed by atoms with van der Waals surface area (Å²) in [6.07, 6.45) is 0. The Labute approximate surface area is 127 Å². The number of carbonyl (C=O) groups is 1. The molecule has 10 heteroatoms. The number of aliphatic carboxylic acids is 1. The van der Waals surface area contributed by atoms with Gasteiger partial charge in [-0.15, -0.1) is 10.2 Å². The Kier molecular flexibility index (Phi) is 4.77. The van der Waals surface area contributed by atoms with Crippen LogP contribution in [0.25, 0.3) is 0 Å². The average molecular weight is 334 g/mol. The predicted octanol–water partition coefficient (Wildman–Crippen LogP) is 0.0980. The number of hydrogen-bond acceptors (Lipinski definition) is 7. The Hall–Kier alpha value is -1.29. The number of hydrogen-bond donors (Lipinski definition) is 1. The summed E-state index contributed by atoms with van der Waals surface area (Å²) >= 11 is 1.11. The van der Waals surface area contributed by atoms with E-state index >= 15 is 0 Å². The molecule has 2 rings (SSSR count). The highest BCUT2D eigenvalue weighted by Gasteiger charge is 2.31. The SMILES string of the molecule is CCn1c(SCC(=O)O)nnc1N1CCS(=O)(=O)CC1C. The highest BCUT2D eigenvalue weighted by atomic mass is 32.2. The zero-order valence-electron chi connectivity index (χ0n) is 11.9. The van der Waals surface area contributed by atoms with Crippen LogP contribution in [0, 0.1) is 0 Å². The minimum Gasteiger partial charge on any atom is -0.481 e. The summed E-state index contributed by atoms with van der Waals surface area (Å²) < 4.78 is 25.1. The third kappa shape index (κ3) is 3.67. The maximum Gasteiger partial charge on any atom is 0.313 e. The first-order chi connectivity index (χ1) is 9.84. The normalized spacial score (nSPS) is 21.4. The molecule has 1 aromatic heterocycles. The molecule has 1 N–H and O–H groups in total. The Balaban J connectivity index is 2.22. The fourth-order valence-electron chi connectivity index (χ4n) is 2.30. The van der Waals surface area contributed by atoms with Crippen molar-refractivity contribution >= 4 is 33.5 Å². The van der Waals surface area contributed by atoms with Crippen molar-refractivity contribution in [3.05, 3.63) is 0 Å². The van der Waals surface area contributed by atoms with E-state index in [2.05, 4.69) is 10.2 Å². The molecular weight excluding hydrogens is 316 g/mol. The topological polar surface area (TPSA) is 105 Å². The van der Waals surface area contributed by atoms with Gasteiger partial charge in [-0.1, -0.05) is 11.8 Å². The van der Waals surface area contributed by atoms with Gasteiger partial charge in [-0.2, -0.15) is 0 Å². The van der Waals surface area contributed by atoms with E-state index in [1.54, 1.807) is 0 Å². The maximum atomic E-state index is 11.6. The van der Waals surface area contributed by atoms with Crippen LogP contribution in [-0.2, 0) is 21.2 Å². The number of anilines is 1. The smallest absolute Gasteiger partial charge is 0.313 e. The van der Waals surface area contributed by atoms with E-state index in [9.17, 15) is 13.2 Å². The molecule has 1 saturated heterocycles. The maximum absolute atomic E-state index is 11.6. The summed E-state index contributed by atoms with van der Waals surface area (Å²) in [5, 5.41) is 17.4. The number of aromatic nitrogens is 3. The molecule has 0 radical (unpaired) electrons. The Morgan fingerprint density at radius 3 is 2.76 bits per heavy atom. The highest BCUT2D eigenvalue weighted by Crippen LogP contribution is 2.25. The molecule has 1 atom stereocenters. The van der Waals surface area contributed by atoms with E-state index in [-0.39, 0.29) is 23.3 Å². The lowest BCUT2D eigenvalue weighted by Gasteiger charge is -2.33. The third-order valence-electron chi connectivity index (χ3n) is 3.27. The van der Waals surface area contributed by atoms with Crippen molar-refractivity contribution in [1.82, 2.24) is 14.8 Å². The molecule has 118 valence electrons. The lowest BCUT2D eigenvalue weighted by molar-refractivity contribution is -0.133. The predicted molar refractivity (Wildman–Crippen MR) is 79.5 cm³/mol. The minimum absolute atomic E-state index is 0.0813. The number of thioether (sulfide) groups is 1. The summed E-state index contributed by atoms with van der Waals surface area (Å²) in [4.78, 5) is 12.6. The molecule has 1 unspecified atom stereocenters. The van der Waals surface area contributed by atoms with Crippen LogP contribution < -0.4 is 4.90 Å². The molecule has 0 amide bonds. The number of sulfone groups is 1. The Morgan fingerprint density at radius 2 is 2.19 bits per heavy atom. The average Bonchev–Trinajstić information content (AvgIpc) is 2.78. The van der Waals surface area contributed by atoms with Crippen LogP contribution in [-0.4, -0.2) is 64.1 Å². The van der Waals surface area contributed by atoms with E-state index in [4.69, 9.17) is 5.11 Å². The first kappa shape index (κ1) is 16.1. The first-order valence-electron chi connectivity index (χ1n) is 6.59. The van der Waals surface area contributed by atoms with Gasteiger partial charge in [0.25, 0.3) is 0 Å². The van der Waals surface area contributed by atoms with E-state index < -0.39 is 15.8 Å². The molecular formula is C11H18N4O4S2. The van der Waals surface area contributed by atoms with Gasteiger partial charge in [-0.25, -0.2) is 8.42 Å². The number of rotatable bonds is 5. The van der Waals surface area contributed by atoms with Crippen LogP contribution in [0.3, 0.4) is 0 Å².